The first-order valence-electron chi connectivity index (χ1n) is 8.34. The predicted octanol–water partition coefficient (Wildman–Crippen LogP) is 1.53. The molecule has 0 spiro atoms. The third-order valence-electron chi connectivity index (χ3n) is 3.92. The van der Waals surface area contributed by atoms with Crippen molar-refractivity contribution in [1.29, 1.82) is 0 Å². The molecule has 24 heavy (non-hydrogen) atoms. The highest BCUT2D eigenvalue weighted by Crippen LogP contribution is 2.21. The summed E-state index contributed by atoms with van der Waals surface area (Å²) in [6.45, 7) is 6.79. The lowest BCUT2D eigenvalue weighted by Gasteiger charge is -2.33. The molecule has 0 bridgehead atoms. The maximum Gasteiger partial charge on any atom is 0.238 e. The van der Waals surface area contributed by atoms with Gasteiger partial charge in [0.2, 0.25) is 11.8 Å². The SMILES string of the molecule is CCCNC(=O)CN1CCN(CC(=O)Nc2ccccc2Br)CC1. The van der Waals surface area contributed by atoms with Gasteiger partial charge < -0.3 is 10.6 Å². The molecule has 2 rings (SSSR count). The van der Waals surface area contributed by atoms with Crippen LogP contribution in [0.2, 0.25) is 0 Å². The average Bonchev–Trinajstić information content (AvgIpc) is 2.57. The highest BCUT2D eigenvalue weighted by molar-refractivity contribution is 9.10. The summed E-state index contributed by atoms with van der Waals surface area (Å²) in [7, 11) is 0. The van der Waals surface area contributed by atoms with Gasteiger partial charge in [0.15, 0.2) is 0 Å². The van der Waals surface area contributed by atoms with Gasteiger partial charge in [-0.15, -0.1) is 0 Å². The maximum absolute atomic E-state index is 12.2. The second-order valence-electron chi connectivity index (χ2n) is 5.93. The van der Waals surface area contributed by atoms with E-state index in [9.17, 15) is 9.59 Å². The normalized spacial score (nSPS) is 15.9. The molecule has 0 unspecified atom stereocenters. The second kappa shape index (κ2) is 9.76. The molecule has 0 saturated carbocycles. The molecule has 1 aromatic carbocycles. The number of amides is 2. The van der Waals surface area contributed by atoms with E-state index in [1.54, 1.807) is 0 Å². The molecule has 0 aliphatic carbocycles. The minimum atomic E-state index is -0.0176. The van der Waals surface area contributed by atoms with Gasteiger partial charge in [-0.3, -0.25) is 19.4 Å². The maximum atomic E-state index is 12.2. The molecule has 1 aromatic rings. The van der Waals surface area contributed by atoms with E-state index in [0.717, 1.165) is 49.3 Å². The Labute approximate surface area is 151 Å². The van der Waals surface area contributed by atoms with Gasteiger partial charge >= 0.3 is 0 Å². The number of hydrogen-bond donors (Lipinski definition) is 2. The number of anilines is 1. The van der Waals surface area contributed by atoms with Gasteiger partial charge in [0.1, 0.15) is 0 Å². The summed E-state index contributed by atoms with van der Waals surface area (Å²) in [5.74, 6) is 0.0630. The molecule has 0 radical (unpaired) electrons. The molecule has 0 aromatic heterocycles. The molecule has 1 saturated heterocycles. The number of carbonyl (C=O) groups excluding carboxylic acids is 2. The first kappa shape index (κ1) is 18.9. The van der Waals surface area contributed by atoms with Crippen LogP contribution >= 0.6 is 15.9 Å². The lowest BCUT2D eigenvalue weighted by Crippen LogP contribution is -2.51. The first-order chi connectivity index (χ1) is 11.6. The van der Waals surface area contributed by atoms with Gasteiger partial charge in [0, 0.05) is 37.2 Å². The van der Waals surface area contributed by atoms with Crippen molar-refractivity contribution in [2.75, 3.05) is 51.1 Å². The van der Waals surface area contributed by atoms with Crippen LogP contribution in [0.3, 0.4) is 0 Å². The van der Waals surface area contributed by atoms with E-state index in [2.05, 4.69) is 36.4 Å². The van der Waals surface area contributed by atoms with Crippen molar-refractivity contribution in [3.05, 3.63) is 28.7 Å². The Hall–Kier alpha value is -1.44. The van der Waals surface area contributed by atoms with Crippen LogP contribution in [0, 0.1) is 0 Å². The standard InChI is InChI=1S/C17H25BrN4O2/c1-2-7-19-16(23)12-21-8-10-22(11-9-21)13-17(24)20-15-6-4-3-5-14(15)18/h3-6H,2,7-13H2,1H3,(H,19,23)(H,20,24). The van der Waals surface area contributed by atoms with E-state index < -0.39 is 0 Å². The smallest absolute Gasteiger partial charge is 0.238 e. The van der Waals surface area contributed by atoms with E-state index in [0.29, 0.717) is 13.1 Å². The van der Waals surface area contributed by atoms with Crippen molar-refractivity contribution in [2.45, 2.75) is 13.3 Å². The van der Waals surface area contributed by atoms with E-state index in [1.807, 2.05) is 31.2 Å². The van der Waals surface area contributed by atoms with Crippen LogP contribution in [-0.4, -0.2) is 67.4 Å². The highest BCUT2D eigenvalue weighted by Gasteiger charge is 2.20. The summed E-state index contributed by atoms with van der Waals surface area (Å²) in [6, 6.07) is 7.57. The first-order valence-corrected chi connectivity index (χ1v) is 9.13. The zero-order valence-electron chi connectivity index (χ0n) is 14.1. The van der Waals surface area contributed by atoms with Gasteiger partial charge in [0.05, 0.1) is 18.8 Å². The zero-order valence-corrected chi connectivity index (χ0v) is 15.6. The summed E-state index contributed by atoms with van der Waals surface area (Å²) in [6.07, 6.45) is 0.951. The number of para-hydroxylation sites is 1. The van der Waals surface area contributed by atoms with Crippen LogP contribution in [0.15, 0.2) is 28.7 Å². The second-order valence-corrected chi connectivity index (χ2v) is 6.78. The number of benzene rings is 1. The summed E-state index contributed by atoms with van der Waals surface area (Å²) in [5, 5.41) is 5.81. The molecule has 1 heterocycles. The third kappa shape index (κ3) is 6.22. The molecule has 1 aliphatic rings. The van der Waals surface area contributed by atoms with Crippen LogP contribution in [-0.2, 0) is 9.59 Å². The molecule has 1 aliphatic heterocycles. The topological polar surface area (TPSA) is 64.7 Å². The van der Waals surface area contributed by atoms with Crippen molar-refractivity contribution in [1.82, 2.24) is 15.1 Å². The van der Waals surface area contributed by atoms with Crippen LogP contribution in [0.5, 0.6) is 0 Å². The van der Waals surface area contributed by atoms with Gasteiger partial charge in [-0.2, -0.15) is 0 Å². The number of hydrogen-bond acceptors (Lipinski definition) is 4. The third-order valence-corrected chi connectivity index (χ3v) is 4.61. The van der Waals surface area contributed by atoms with E-state index in [-0.39, 0.29) is 11.8 Å². The minimum absolute atomic E-state index is 0.0176. The number of nitrogens with one attached hydrogen (secondary N) is 2. The zero-order chi connectivity index (χ0) is 17.4. The number of carbonyl (C=O) groups is 2. The van der Waals surface area contributed by atoms with Crippen molar-refractivity contribution in [3.8, 4) is 0 Å². The molecule has 1 fully saturated rings. The fourth-order valence-electron chi connectivity index (χ4n) is 2.58. The molecular weight excluding hydrogens is 372 g/mol. The van der Waals surface area contributed by atoms with Crippen molar-refractivity contribution in [2.24, 2.45) is 0 Å². The molecule has 2 N–H and O–H groups in total. The number of nitrogens with zero attached hydrogens (tertiary/aromatic N) is 2. The Balaban J connectivity index is 1.70. The van der Waals surface area contributed by atoms with Crippen LogP contribution in [0.25, 0.3) is 0 Å². The monoisotopic (exact) mass is 396 g/mol. The molecule has 0 atom stereocenters. The van der Waals surface area contributed by atoms with Gasteiger partial charge in [-0.05, 0) is 34.5 Å². The van der Waals surface area contributed by atoms with Crippen molar-refractivity contribution < 1.29 is 9.59 Å². The molecule has 132 valence electrons. The van der Waals surface area contributed by atoms with E-state index in [1.165, 1.54) is 0 Å². The summed E-state index contributed by atoms with van der Waals surface area (Å²) < 4.78 is 0.876. The minimum Gasteiger partial charge on any atom is -0.355 e. The highest BCUT2D eigenvalue weighted by atomic mass is 79.9. The van der Waals surface area contributed by atoms with Gasteiger partial charge in [0.25, 0.3) is 0 Å². The van der Waals surface area contributed by atoms with Gasteiger partial charge in [-0.25, -0.2) is 0 Å². The summed E-state index contributed by atoms with van der Waals surface area (Å²) in [5.41, 5.74) is 0.786. The average molecular weight is 397 g/mol. The lowest BCUT2D eigenvalue weighted by molar-refractivity contribution is -0.123. The fraction of sp³-hybridized carbons (Fsp3) is 0.529. The largest absolute Gasteiger partial charge is 0.355 e. The number of halogens is 1. The molecule has 6 nitrogen and oxygen atoms in total. The molecule has 2 amide bonds. The Kier molecular flexibility index (Phi) is 7.68. The van der Waals surface area contributed by atoms with Crippen LogP contribution in [0.4, 0.5) is 5.69 Å². The lowest BCUT2D eigenvalue weighted by atomic mass is 10.3. The number of rotatable bonds is 7. The Morgan fingerprint density at radius 3 is 2.21 bits per heavy atom. The van der Waals surface area contributed by atoms with Crippen molar-refractivity contribution in [3.63, 3.8) is 0 Å². The fourth-order valence-corrected chi connectivity index (χ4v) is 2.97. The predicted molar refractivity (Wildman–Crippen MR) is 99.0 cm³/mol. The van der Waals surface area contributed by atoms with Crippen LogP contribution < -0.4 is 10.6 Å². The van der Waals surface area contributed by atoms with Gasteiger partial charge in [-0.1, -0.05) is 19.1 Å². The van der Waals surface area contributed by atoms with Crippen molar-refractivity contribution >= 4 is 33.4 Å². The van der Waals surface area contributed by atoms with E-state index in [4.69, 9.17) is 0 Å². The molecular formula is C17H25BrN4O2. The summed E-state index contributed by atoms with van der Waals surface area (Å²) >= 11 is 3.43. The number of piperazine rings is 1. The quantitative estimate of drug-likeness (QED) is 0.733. The Morgan fingerprint density at radius 2 is 1.62 bits per heavy atom. The molecule has 7 heteroatoms. The Morgan fingerprint density at radius 1 is 1.04 bits per heavy atom. The van der Waals surface area contributed by atoms with E-state index >= 15 is 0 Å². The Bertz CT molecular complexity index is 559. The summed E-state index contributed by atoms with van der Waals surface area (Å²) in [4.78, 5) is 28.1. The van der Waals surface area contributed by atoms with Crippen LogP contribution in [0.1, 0.15) is 13.3 Å².